The molecule has 1 unspecified atom stereocenters. The fourth-order valence-electron chi connectivity index (χ4n) is 1.78. The Bertz CT molecular complexity index is 322. The highest BCUT2D eigenvalue weighted by Gasteiger charge is 2.16. The van der Waals surface area contributed by atoms with E-state index in [1.807, 2.05) is 7.05 Å². The van der Waals surface area contributed by atoms with E-state index in [1.165, 1.54) is 0 Å². The van der Waals surface area contributed by atoms with Crippen molar-refractivity contribution in [3.63, 3.8) is 0 Å². The summed E-state index contributed by atoms with van der Waals surface area (Å²) in [6.07, 6.45) is 0.253. The van der Waals surface area contributed by atoms with Gasteiger partial charge in [0.25, 0.3) is 0 Å². The zero-order chi connectivity index (χ0) is 11.4. The van der Waals surface area contributed by atoms with Crippen molar-refractivity contribution in [2.24, 2.45) is 0 Å². The van der Waals surface area contributed by atoms with Gasteiger partial charge in [0, 0.05) is 26.6 Å². The van der Waals surface area contributed by atoms with Crippen molar-refractivity contribution in [1.82, 2.24) is 20.4 Å². The van der Waals surface area contributed by atoms with Crippen molar-refractivity contribution >= 4 is 0 Å². The van der Waals surface area contributed by atoms with Gasteiger partial charge in [0.2, 0.25) is 11.8 Å². The first kappa shape index (κ1) is 11.5. The molecule has 1 aliphatic rings. The largest absolute Gasteiger partial charge is 0.424 e. The molecule has 6 heteroatoms. The number of ether oxygens (including phenoxy) is 1. The summed E-state index contributed by atoms with van der Waals surface area (Å²) in [5.74, 6) is 1.27. The number of aryl methyl sites for hydroxylation is 1. The number of nitrogens with zero attached hydrogens (tertiary/aromatic N) is 3. The topological polar surface area (TPSA) is 63.4 Å². The van der Waals surface area contributed by atoms with Crippen LogP contribution in [0.3, 0.4) is 0 Å². The zero-order valence-electron chi connectivity index (χ0n) is 9.77. The second-order valence-electron chi connectivity index (χ2n) is 4.11. The molecule has 0 aromatic carbocycles. The lowest BCUT2D eigenvalue weighted by Gasteiger charge is -2.27. The molecule has 1 atom stereocenters. The molecule has 1 aromatic rings. The first-order chi connectivity index (χ1) is 7.74. The average molecular weight is 226 g/mol. The van der Waals surface area contributed by atoms with E-state index in [0.717, 1.165) is 26.2 Å². The summed E-state index contributed by atoms with van der Waals surface area (Å²) in [6.45, 7) is 5.98. The number of morpholine rings is 1. The van der Waals surface area contributed by atoms with Gasteiger partial charge < -0.3 is 14.5 Å². The molecule has 2 rings (SSSR count). The quantitative estimate of drug-likeness (QED) is 0.767. The van der Waals surface area contributed by atoms with E-state index < -0.39 is 0 Å². The van der Waals surface area contributed by atoms with E-state index in [1.54, 1.807) is 6.92 Å². The van der Waals surface area contributed by atoms with Crippen molar-refractivity contribution < 1.29 is 9.15 Å². The summed E-state index contributed by atoms with van der Waals surface area (Å²) in [4.78, 5) is 2.13. The molecule has 1 aromatic heterocycles. The Morgan fingerprint density at radius 2 is 2.38 bits per heavy atom. The molecule has 0 radical (unpaired) electrons. The van der Waals surface area contributed by atoms with Crippen molar-refractivity contribution in [2.45, 2.75) is 19.6 Å². The Balaban J connectivity index is 1.77. The van der Waals surface area contributed by atoms with Crippen molar-refractivity contribution in [3.8, 4) is 0 Å². The van der Waals surface area contributed by atoms with Crippen LogP contribution in [-0.2, 0) is 11.3 Å². The third-order valence-corrected chi connectivity index (χ3v) is 2.49. The van der Waals surface area contributed by atoms with E-state index >= 15 is 0 Å². The van der Waals surface area contributed by atoms with Crippen molar-refractivity contribution in [3.05, 3.63) is 11.8 Å². The van der Waals surface area contributed by atoms with Crippen LogP contribution >= 0.6 is 0 Å². The Kier molecular flexibility index (Phi) is 3.87. The highest BCUT2D eigenvalue weighted by Crippen LogP contribution is 2.04. The molecule has 16 heavy (non-hydrogen) atoms. The van der Waals surface area contributed by atoms with Crippen LogP contribution in [0, 0.1) is 6.92 Å². The van der Waals surface area contributed by atoms with Gasteiger partial charge in [0.1, 0.15) is 0 Å². The van der Waals surface area contributed by atoms with Gasteiger partial charge in [-0.3, -0.25) is 4.90 Å². The number of hydrogen-bond acceptors (Lipinski definition) is 6. The van der Waals surface area contributed by atoms with Crippen LogP contribution in [0.1, 0.15) is 11.8 Å². The third kappa shape index (κ3) is 3.26. The first-order valence-electron chi connectivity index (χ1n) is 5.54. The first-order valence-corrected chi connectivity index (χ1v) is 5.54. The predicted molar refractivity (Wildman–Crippen MR) is 58.0 cm³/mol. The van der Waals surface area contributed by atoms with Crippen molar-refractivity contribution in [1.29, 1.82) is 0 Å². The fraction of sp³-hybridized carbons (Fsp3) is 0.800. The molecule has 0 saturated carbocycles. The van der Waals surface area contributed by atoms with E-state index in [9.17, 15) is 0 Å². The lowest BCUT2D eigenvalue weighted by molar-refractivity contribution is 0.00769. The van der Waals surface area contributed by atoms with Gasteiger partial charge in [-0.15, -0.1) is 10.2 Å². The van der Waals surface area contributed by atoms with Crippen LogP contribution in [0.25, 0.3) is 0 Å². The third-order valence-electron chi connectivity index (χ3n) is 2.49. The lowest BCUT2D eigenvalue weighted by atomic mass is 10.3. The van der Waals surface area contributed by atoms with Gasteiger partial charge in [0.15, 0.2) is 0 Å². The Labute approximate surface area is 95.0 Å². The molecule has 0 amide bonds. The van der Waals surface area contributed by atoms with Crippen LogP contribution in [0.2, 0.25) is 0 Å². The molecule has 1 aliphatic heterocycles. The van der Waals surface area contributed by atoms with Crippen LogP contribution < -0.4 is 5.32 Å². The highest BCUT2D eigenvalue weighted by molar-refractivity contribution is 4.79. The predicted octanol–water partition coefficient (Wildman–Crippen LogP) is -0.202. The van der Waals surface area contributed by atoms with Crippen LogP contribution in [0.4, 0.5) is 0 Å². The van der Waals surface area contributed by atoms with E-state index in [-0.39, 0.29) is 6.10 Å². The molecule has 1 N–H and O–H groups in total. The number of rotatable bonds is 4. The SMILES string of the molecule is Cc1nnc(CN(C)CC2CNCCO2)o1. The van der Waals surface area contributed by atoms with E-state index in [4.69, 9.17) is 9.15 Å². The molecule has 0 bridgehead atoms. The Morgan fingerprint density at radius 3 is 3.00 bits per heavy atom. The fourth-order valence-corrected chi connectivity index (χ4v) is 1.78. The molecule has 6 nitrogen and oxygen atoms in total. The molecular weight excluding hydrogens is 208 g/mol. The van der Waals surface area contributed by atoms with Gasteiger partial charge >= 0.3 is 0 Å². The van der Waals surface area contributed by atoms with Gasteiger partial charge in [-0.2, -0.15) is 0 Å². The Hall–Kier alpha value is -0.980. The van der Waals surface area contributed by atoms with Gasteiger partial charge in [-0.25, -0.2) is 0 Å². The monoisotopic (exact) mass is 226 g/mol. The maximum absolute atomic E-state index is 5.62. The minimum atomic E-state index is 0.253. The minimum absolute atomic E-state index is 0.253. The second-order valence-corrected chi connectivity index (χ2v) is 4.11. The lowest BCUT2D eigenvalue weighted by Crippen LogP contribution is -2.44. The highest BCUT2D eigenvalue weighted by atomic mass is 16.5. The standard InChI is InChI=1S/C10H18N4O2/c1-8-12-13-10(16-8)7-14(2)6-9-5-11-3-4-15-9/h9,11H,3-7H2,1-2H3. The maximum Gasteiger partial charge on any atom is 0.230 e. The summed E-state index contributed by atoms with van der Waals surface area (Å²) >= 11 is 0. The molecule has 0 spiro atoms. The summed E-state index contributed by atoms with van der Waals surface area (Å²) < 4.78 is 10.9. The summed E-state index contributed by atoms with van der Waals surface area (Å²) in [6, 6.07) is 0. The van der Waals surface area contributed by atoms with Crippen LogP contribution in [0.5, 0.6) is 0 Å². The van der Waals surface area contributed by atoms with Crippen LogP contribution in [-0.4, -0.2) is 54.5 Å². The summed E-state index contributed by atoms with van der Waals surface area (Å²) in [5, 5.41) is 11.1. The zero-order valence-corrected chi connectivity index (χ0v) is 9.77. The van der Waals surface area contributed by atoms with Crippen molar-refractivity contribution in [2.75, 3.05) is 33.3 Å². The number of nitrogens with one attached hydrogen (secondary N) is 1. The van der Waals surface area contributed by atoms with E-state index in [2.05, 4.69) is 20.4 Å². The molecule has 1 fully saturated rings. The smallest absolute Gasteiger partial charge is 0.230 e. The molecular formula is C10H18N4O2. The number of aromatic nitrogens is 2. The molecule has 90 valence electrons. The normalized spacial score (nSPS) is 21.6. The second kappa shape index (κ2) is 5.38. The number of likely N-dealkylation sites (N-methyl/N-ethyl adjacent to an activating group) is 1. The Morgan fingerprint density at radius 1 is 1.50 bits per heavy atom. The van der Waals surface area contributed by atoms with E-state index in [0.29, 0.717) is 18.3 Å². The van der Waals surface area contributed by atoms with Crippen LogP contribution in [0.15, 0.2) is 4.42 Å². The minimum Gasteiger partial charge on any atom is -0.424 e. The maximum atomic E-state index is 5.62. The molecule has 1 saturated heterocycles. The average Bonchev–Trinajstić information content (AvgIpc) is 2.65. The molecule has 2 heterocycles. The van der Waals surface area contributed by atoms with Gasteiger partial charge in [-0.05, 0) is 7.05 Å². The molecule has 0 aliphatic carbocycles. The van der Waals surface area contributed by atoms with Gasteiger partial charge in [0.05, 0.1) is 19.3 Å². The van der Waals surface area contributed by atoms with Gasteiger partial charge in [-0.1, -0.05) is 0 Å². The summed E-state index contributed by atoms with van der Waals surface area (Å²) in [7, 11) is 2.03. The number of hydrogen-bond donors (Lipinski definition) is 1. The summed E-state index contributed by atoms with van der Waals surface area (Å²) in [5.41, 5.74) is 0.